The molecule has 0 saturated heterocycles. The number of hydrogen-bond acceptors (Lipinski definition) is 7. The number of carbonyl (C=O) groups is 6. The zero-order valence-electron chi connectivity index (χ0n) is 21.3. The molecule has 1 aliphatic carbocycles. The summed E-state index contributed by atoms with van der Waals surface area (Å²) in [7, 11) is 0. The number of rotatable bonds is 7. The molecule has 0 aromatic heterocycles. The van der Waals surface area contributed by atoms with Crippen molar-refractivity contribution in [2.24, 2.45) is 0 Å². The lowest BCUT2D eigenvalue weighted by atomic mass is 9.84. The predicted molar refractivity (Wildman–Crippen MR) is 140 cm³/mol. The summed E-state index contributed by atoms with van der Waals surface area (Å²) in [6.45, 7) is 3.63. The third-order valence-corrected chi connectivity index (χ3v) is 6.79. The summed E-state index contributed by atoms with van der Waals surface area (Å²) < 4.78 is 5.30. The van der Waals surface area contributed by atoms with Crippen LogP contribution in [-0.2, 0) is 9.53 Å². The summed E-state index contributed by atoms with van der Waals surface area (Å²) in [6, 6.07) is 15.0. The van der Waals surface area contributed by atoms with Crippen molar-refractivity contribution >= 4 is 40.9 Å². The van der Waals surface area contributed by atoms with Gasteiger partial charge in [-0.2, -0.15) is 0 Å². The molecule has 39 heavy (non-hydrogen) atoms. The number of nitrogens with one attached hydrogen (secondary N) is 1. The third-order valence-electron chi connectivity index (χ3n) is 6.79. The van der Waals surface area contributed by atoms with Crippen LogP contribution in [0, 0.1) is 0 Å². The molecule has 1 heterocycles. The van der Waals surface area contributed by atoms with Gasteiger partial charge in [-0.15, -0.1) is 0 Å². The summed E-state index contributed by atoms with van der Waals surface area (Å²) in [6.07, 6.45) is 0.270. The van der Waals surface area contributed by atoms with E-state index in [4.69, 9.17) is 4.74 Å². The van der Waals surface area contributed by atoms with Gasteiger partial charge in [0.2, 0.25) is 0 Å². The Kier molecular flexibility index (Phi) is 6.66. The topological polar surface area (TPSA) is 127 Å². The molecular formula is C30H24N2O7. The van der Waals surface area contributed by atoms with Crippen LogP contribution in [0.2, 0.25) is 0 Å². The maximum absolute atomic E-state index is 12.9. The third kappa shape index (κ3) is 4.52. The molecule has 1 N–H and O–H groups in total. The van der Waals surface area contributed by atoms with Crippen LogP contribution in [0.4, 0.5) is 5.69 Å². The lowest BCUT2D eigenvalue weighted by molar-refractivity contribution is -0.123. The second-order valence-electron chi connectivity index (χ2n) is 9.38. The summed E-state index contributed by atoms with van der Waals surface area (Å²) in [4.78, 5) is 77.6. The van der Waals surface area contributed by atoms with E-state index in [-0.39, 0.29) is 45.1 Å². The van der Waals surface area contributed by atoms with Crippen molar-refractivity contribution in [2.45, 2.75) is 32.8 Å². The van der Waals surface area contributed by atoms with Gasteiger partial charge in [-0.3, -0.25) is 28.9 Å². The molecule has 3 aromatic carbocycles. The first-order valence-electron chi connectivity index (χ1n) is 12.6. The minimum Gasteiger partial charge on any atom is -0.449 e. The van der Waals surface area contributed by atoms with E-state index in [1.807, 2.05) is 6.92 Å². The van der Waals surface area contributed by atoms with Gasteiger partial charge in [0.1, 0.15) is 0 Å². The largest absolute Gasteiger partial charge is 0.449 e. The fraction of sp³-hybridized carbons (Fsp3) is 0.200. The Labute approximate surface area is 223 Å². The molecule has 9 heteroatoms. The van der Waals surface area contributed by atoms with Crippen molar-refractivity contribution in [3.05, 3.63) is 99.6 Å². The quantitative estimate of drug-likeness (QED) is 0.286. The van der Waals surface area contributed by atoms with E-state index in [9.17, 15) is 28.8 Å². The van der Waals surface area contributed by atoms with Crippen LogP contribution in [0.1, 0.15) is 89.6 Å². The Balaban J connectivity index is 1.27. The molecular weight excluding hydrogens is 500 g/mol. The zero-order chi connectivity index (χ0) is 27.8. The molecule has 3 amide bonds. The van der Waals surface area contributed by atoms with Crippen LogP contribution in [-0.4, -0.2) is 52.8 Å². The molecule has 1 aliphatic heterocycles. The molecule has 0 fully saturated rings. The van der Waals surface area contributed by atoms with Crippen molar-refractivity contribution < 1.29 is 33.5 Å². The Morgan fingerprint density at radius 1 is 0.795 bits per heavy atom. The highest BCUT2D eigenvalue weighted by atomic mass is 16.5. The van der Waals surface area contributed by atoms with Gasteiger partial charge in [0.15, 0.2) is 17.7 Å². The van der Waals surface area contributed by atoms with Gasteiger partial charge in [0, 0.05) is 34.5 Å². The number of amides is 3. The average Bonchev–Trinajstić information content (AvgIpc) is 3.18. The number of anilines is 1. The number of imide groups is 1. The molecule has 0 bridgehead atoms. The first-order valence-corrected chi connectivity index (χ1v) is 12.6. The van der Waals surface area contributed by atoms with E-state index in [1.165, 1.54) is 43.3 Å². The Hall–Kier alpha value is -4.92. The molecule has 2 aliphatic rings. The van der Waals surface area contributed by atoms with Crippen molar-refractivity contribution in [1.29, 1.82) is 0 Å². The fourth-order valence-corrected chi connectivity index (χ4v) is 4.64. The number of esters is 1. The molecule has 0 radical (unpaired) electrons. The number of fused-ring (bicyclic) bond motifs is 3. The first kappa shape index (κ1) is 25.7. The highest BCUT2D eigenvalue weighted by molar-refractivity contribution is 6.28. The summed E-state index contributed by atoms with van der Waals surface area (Å²) in [5.41, 5.74) is 1.68. The standard InChI is InChI=1S/C30H24N2O7/c1-3-4-13-32-28(36)22-11-9-17(14-24(22)29(32)37)30(38)39-16(2)27(35)31-18-10-12-21-23(15-18)26(34)20-8-6-5-7-19(20)25(21)33/h5-12,14-16H,3-4,13H2,1-2H3,(H,31,35). The van der Waals surface area contributed by atoms with E-state index >= 15 is 0 Å². The lowest BCUT2D eigenvalue weighted by Gasteiger charge is -2.19. The number of unbranched alkanes of at least 4 members (excludes halogenated alkanes) is 1. The summed E-state index contributed by atoms with van der Waals surface area (Å²) in [5.74, 6) is -2.96. The van der Waals surface area contributed by atoms with Crippen molar-refractivity contribution in [2.75, 3.05) is 11.9 Å². The molecule has 9 nitrogen and oxygen atoms in total. The number of hydrogen-bond donors (Lipinski definition) is 1. The van der Waals surface area contributed by atoms with Crippen LogP contribution >= 0.6 is 0 Å². The van der Waals surface area contributed by atoms with Crippen LogP contribution in [0.25, 0.3) is 0 Å². The van der Waals surface area contributed by atoms with Crippen LogP contribution in [0.5, 0.6) is 0 Å². The minimum absolute atomic E-state index is 0.0310. The molecule has 0 spiro atoms. The number of ketones is 2. The van der Waals surface area contributed by atoms with E-state index in [1.54, 1.807) is 24.3 Å². The average molecular weight is 525 g/mol. The van der Waals surface area contributed by atoms with Crippen molar-refractivity contribution in [3.8, 4) is 0 Å². The number of ether oxygens (including phenoxy) is 1. The highest BCUT2D eigenvalue weighted by Crippen LogP contribution is 2.29. The van der Waals surface area contributed by atoms with Crippen LogP contribution in [0.3, 0.4) is 0 Å². The summed E-state index contributed by atoms with van der Waals surface area (Å²) in [5, 5.41) is 2.60. The SMILES string of the molecule is CCCCN1C(=O)c2ccc(C(=O)OC(C)C(=O)Nc3ccc4c(c3)C(=O)c3ccccc3C4=O)cc2C1=O. The normalized spacial score (nSPS) is 14.5. The van der Waals surface area contributed by atoms with E-state index in [2.05, 4.69) is 5.32 Å². The minimum atomic E-state index is -1.22. The van der Waals surface area contributed by atoms with Gasteiger partial charge in [0.25, 0.3) is 17.7 Å². The Morgan fingerprint density at radius 2 is 1.41 bits per heavy atom. The number of benzene rings is 3. The zero-order valence-corrected chi connectivity index (χ0v) is 21.3. The highest BCUT2D eigenvalue weighted by Gasteiger charge is 2.36. The van der Waals surface area contributed by atoms with Gasteiger partial charge >= 0.3 is 5.97 Å². The van der Waals surface area contributed by atoms with E-state index in [0.29, 0.717) is 24.1 Å². The van der Waals surface area contributed by atoms with E-state index < -0.39 is 29.8 Å². The van der Waals surface area contributed by atoms with Crippen LogP contribution < -0.4 is 5.32 Å². The maximum atomic E-state index is 12.9. The van der Waals surface area contributed by atoms with Gasteiger partial charge in [-0.05, 0) is 49.7 Å². The Bertz CT molecular complexity index is 1590. The predicted octanol–water partition coefficient (Wildman–Crippen LogP) is 4.04. The monoisotopic (exact) mass is 524 g/mol. The molecule has 5 rings (SSSR count). The summed E-state index contributed by atoms with van der Waals surface area (Å²) >= 11 is 0. The van der Waals surface area contributed by atoms with Crippen LogP contribution in [0.15, 0.2) is 60.7 Å². The van der Waals surface area contributed by atoms with Gasteiger partial charge in [-0.1, -0.05) is 37.6 Å². The molecule has 196 valence electrons. The first-order chi connectivity index (χ1) is 18.7. The van der Waals surface area contributed by atoms with Gasteiger partial charge in [-0.25, -0.2) is 4.79 Å². The number of nitrogens with zero attached hydrogens (tertiary/aromatic N) is 1. The molecule has 1 unspecified atom stereocenters. The lowest BCUT2D eigenvalue weighted by Crippen LogP contribution is -2.30. The van der Waals surface area contributed by atoms with Crippen molar-refractivity contribution in [1.82, 2.24) is 4.90 Å². The number of carbonyl (C=O) groups excluding carboxylic acids is 6. The van der Waals surface area contributed by atoms with Gasteiger partial charge in [0.05, 0.1) is 16.7 Å². The molecule has 3 aromatic rings. The maximum Gasteiger partial charge on any atom is 0.338 e. The van der Waals surface area contributed by atoms with Gasteiger partial charge < -0.3 is 10.1 Å². The molecule has 1 atom stereocenters. The second kappa shape index (κ2) is 10.1. The van der Waals surface area contributed by atoms with Crippen molar-refractivity contribution in [3.63, 3.8) is 0 Å². The Morgan fingerprint density at radius 3 is 2.10 bits per heavy atom. The second-order valence-corrected chi connectivity index (χ2v) is 9.38. The molecule has 0 saturated carbocycles. The smallest absolute Gasteiger partial charge is 0.338 e. The fourth-order valence-electron chi connectivity index (χ4n) is 4.64. The van der Waals surface area contributed by atoms with E-state index in [0.717, 1.165) is 11.3 Å².